The van der Waals surface area contributed by atoms with Crippen LogP contribution in [0.5, 0.6) is 0 Å². The van der Waals surface area contributed by atoms with Crippen LogP contribution in [0.25, 0.3) is 0 Å². The summed E-state index contributed by atoms with van der Waals surface area (Å²) in [7, 11) is 0. The van der Waals surface area contributed by atoms with Crippen molar-refractivity contribution in [3.05, 3.63) is 23.7 Å². The number of aliphatic hydroxyl groups is 1. The van der Waals surface area contributed by atoms with Gasteiger partial charge in [0.1, 0.15) is 16.9 Å². The van der Waals surface area contributed by atoms with Gasteiger partial charge in [0.25, 0.3) is 0 Å². The maximum Gasteiger partial charge on any atom is 0.339 e. The highest BCUT2D eigenvalue weighted by atomic mass is 16.4. The van der Waals surface area contributed by atoms with Crippen LogP contribution in [0.15, 0.2) is 16.7 Å². The number of carboxylic acid groups (broad SMARTS) is 1. The van der Waals surface area contributed by atoms with Crippen molar-refractivity contribution in [1.82, 2.24) is 4.90 Å². The number of piperidine rings is 1. The molecule has 5 heteroatoms. The summed E-state index contributed by atoms with van der Waals surface area (Å²) in [6, 6.07) is 1.77. The van der Waals surface area contributed by atoms with E-state index < -0.39 is 11.6 Å². The van der Waals surface area contributed by atoms with E-state index in [1.165, 1.54) is 12.3 Å². The molecule has 0 spiro atoms. The molecule has 0 radical (unpaired) electrons. The second-order valence-electron chi connectivity index (χ2n) is 5.29. The third kappa shape index (κ3) is 1.74. The van der Waals surface area contributed by atoms with Crippen LogP contribution in [0.2, 0.25) is 0 Å². The quantitative estimate of drug-likeness (QED) is 0.831. The summed E-state index contributed by atoms with van der Waals surface area (Å²) >= 11 is 0. The Morgan fingerprint density at radius 3 is 3.11 bits per heavy atom. The Morgan fingerprint density at radius 2 is 2.33 bits per heavy atom. The molecule has 2 aliphatic rings. The molecule has 98 valence electrons. The van der Waals surface area contributed by atoms with Gasteiger partial charge in [0.15, 0.2) is 0 Å². The van der Waals surface area contributed by atoms with Gasteiger partial charge in [-0.05, 0) is 38.3 Å². The first-order valence-corrected chi connectivity index (χ1v) is 6.38. The number of aromatic carboxylic acids is 1. The van der Waals surface area contributed by atoms with E-state index in [0.29, 0.717) is 18.9 Å². The van der Waals surface area contributed by atoms with Crippen molar-refractivity contribution in [2.75, 3.05) is 13.1 Å². The molecule has 2 N–H and O–H groups in total. The SMILES string of the molecule is O=C(O)c1ccoc1C1(O)CCN2CCCC2C1. The Bertz CT molecular complexity index is 469. The molecular formula is C13H17NO4. The van der Waals surface area contributed by atoms with Gasteiger partial charge in [-0.25, -0.2) is 4.79 Å². The van der Waals surface area contributed by atoms with E-state index in [9.17, 15) is 9.90 Å². The van der Waals surface area contributed by atoms with Gasteiger partial charge in [-0.3, -0.25) is 0 Å². The number of carbonyl (C=O) groups is 1. The van der Waals surface area contributed by atoms with Crippen LogP contribution in [0.1, 0.15) is 41.8 Å². The zero-order valence-electron chi connectivity index (χ0n) is 10.1. The number of furan rings is 1. The van der Waals surface area contributed by atoms with E-state index in [1.807, 2.05) is 0 Å². The summed E-state index contributed by atoms with van der Waals surface area (Å²) < 4.78 is 5.27. The Kier molecular flexibility index (Phi) is 2.68. The highest BCUT2D eigenvalue weighted by molar-refractivity contribution is 5.89. The number of hydrogen-bond acceptors (Lipinski definition) is 4. The lowest BCUT2D eigenvalue weighted by Crippen LogP contribution is -2.46. The molecule has 2 aliphatic heterocycles. The summed E-state index contributed by atoms with van der Waals surface area (Å²) in [5.41, 5.74) is -1.04. The molecule has 5 nitrogen and oxygen atoms in total. The first-order valence-electron chi connectivity index (χ1n) is 6.38. The van der Waals surface area contributed by atoms with Crippen LogP contribution >= 0.6 is 0 Å². The Balaban J connectivity index is 1.90. The molecule has 0 aromatic carbocycles. The van der Waals surface area contributed by atoms with E-state index in [-0.39, 0.29) is 11.3 Å². The van der Waals surface area contributed by atoms with Gasteiger partial charge in [-0.2, -0.15) is 0 Å². The molecule has 0 bridgehead atoms. The topological polar surface area (TPSA) is 73.9 Å². The minimum absolute atomic E-state index is 0.0870. The van der Waals surface area contributed by atoms with Crippen molar-refractivity contribution in [3.63, 3.8) is 0 Å². The van der Waals surface area contributed by atoms with Gasteiger partial charge >= 0.3 is 5.97 Å². The zero-order chi connectivity index (χ0) is 12.8. The molecule has 0 aliphatic carbocycles. The maximum absolute atomic E-state index is 11.1. The molecule has 3 heterocycles. The van der Waals surface area contributed by atoms with Gasteiger partial charge in [-0.15, -0.1) is 0 Å². The van der Waals surface area contributed by atoms with E-state index in [0.717, 1.165) is 25.9 Å². The minimum Gasteiger partial charge on any atom is -0.478 e. The Labute approximate surface area is 105 Å². The minimum atomic E-state index is -1.12. The second-order valence-corrected chi connectivity index (χ2v) is 5.29. The Hall–Kier alpha value is -1.33. The molecule has 2 fully saturated rings. The summed E-state index contributed by atoms with van der Waals surface area (Å²) in [5, 5.41) is 19.8. The molecule has 0 saturated carbocycles. The van der Waals surface area contributed by atoms with Gasteiger partial charge in [0.05, 0.1) is 6.26 Å². The first-order chi connectivity index (χ1) is 8.60. The summed E-state index contributed by atoms with van der Waals surface area (Å²) in [6.45, 7) is 1.89. The fourth-order valence-electron chi connectivity index (χ4n) is 3.29. The third-order valence-electron chi connectivity index (χ3n) is 4.20. The lowest BCUT2D eigenvalue weighted by atomic mass is 9.83. The van der Waals surface area contributed by atoms with Crippen LogP contribution in [-0.4, -0.2) is 40.2 Å². The largest absolute Gasteiger partial charge is 0.478 e. The van der Waals surface area contributed by atoms with Crippen LogP contribution in [0, 0.1) is 0 Å². The first kappa shape index (κ1) is 11.7. The molecular weight excluding hydrogens is 234 g/mol. The van der Waals surface area contributed by atoms with Crippen molar-refractivity contribution in [2.24, 2.45) is 0 Å². The van der Waals surface area contributed by atoms with Gasteiger partial charge in [0.2, 0.25) is 0 Å². The number of nitrogens with zero attached hydrogens (tertiary/aromatic N) is 1. The molecule has 2 unspecified atom stereocenters. The molecule has 1 aromatic rings. The van der Waals surface area contributed by atoms with Crippen molar-refractivity contribution < 1.29 is 19.4 Å². The standard InChI is InChI=1S/C13H17NO4/c15-12(16)10-3-7-18-11(10)13(17)4-6-14-5-1-2-9(14)8-13/h3,7,9,17H,1-2,4-6,8H2,(H,15,16). The lowest BCUT2D eigenvalue weighted by molar-refractivity contribution is -0.0566. The van der Waals surface area contributed by atoms with Crippen molar-refractivity contribution in [3.8, 4) is 0 Å². The van der Waals surface area contributed by atoms with Crippen molar-refractivity contribution in [2.45, 2.75) is 37.3 Å². The molecule has 2 atom stereocenters. The van der Waals surface area contributed by atoms with Crippen molar-refractivity contribution in [1.29, 1.82) is 0 Å². The molecule has 2 saturated heterocycles. The maximum atomic E-state index is 11.1. The van der Waals surface area contributed by atoms with Crippen LogP contribution in [0.3, 0.4) is 0 Å². The Morgan fingerprint density at radius 1 is 1.50 bits per heavy atom. The second kappa shape index (κ2) is 4.10. The average molecular weight is 251 g/mol. The molecule has 0 amide bonds. The monoisotopic (exact) mass is 251 g/mol. The van der Waals surface area contributed by atoms with E-state index in [4.69, 9.17) is 9.52 Å². The zero-order valence-corrected chi connectivity index (χ0v) is 10.1. The molecule has 1 aromatic heterocycles. The van der Waals surface area contributed by atoms with Gasteiger partial charge in [-0.1, -0.05) is 0 Å². The fraction of sp³-hybridized carbons (Fsp3) is 0.615. The van der Waals surface area contributed by atoms with Crippen LogP contribution in [-0.2, 0) is 5.60 Å². The number of carboxylic acids is 1. The normalized spacial score (nSPS) is 32.4. The van der Waals surface area contributed by atoms with Crippen molar-refractivity contribution >= 4 is 5.97 Å². The number of hydrogen-bond donors (Lipinski definition) is 2. The predicted molar refractivity (Wildman–Crippen MR) is 63.4 cm³/mol. The van der Waals surface area contributed by atoms with Crippen LogP contribution in [0.4, 0.5) is 0 Å². The van der Waals surface area contributed by atoms with Crippen LogP contribution < -0.4 is 0 Å². The summed E-state index contributed by atoms with van der Waals surface area (Å²) in [5.74, 6) is -0.817. The number of fused-ring (bicyclic) bond motifs is 1. The highest BCUT2D eigenvalue weighted by Gasteiger charge is 2.44. The third-order valence-corrected chi connectivity index (χ3v) is 4.20. The number of rotatable bonds is 2. The van der Waals surface area contributed by atoms with E-state index in [2.05, 4.69) is 4.90 Å². The fourth-order valence-corrected chi connectivity index (χ4v) is 3.29. The predicted octanol–water partition coefficient (Wildman–Crippen LogP) is 1.42. The smallest absolute Gasteiger partial charge is 0.339 e. The lowest BCUT2D eigenvalue weighted by Gasteiger charge is -2.39. The highest BCUT2D eigenvalue weighted by Crippen LogP contribution is 2.40. The average Bonchev–Trinajstić information content (AvgIpc) is 2.96. The van der Waals surface area contributed by atoms with E-state index >= 15 is 0 Å². The summed E-state index contributed by atoms with van der Waals surface area (Å²) in [6.07, 6.45) is 4.69. The summed E-state index contributed by atoms with van der Waals surface area (Å²) in [4.78, 5) is 13.5. The molecule has 18 heavy (non-hydrogen) atoms. The van der Waals surface area contributed by atoms with Gasteiger partial charge < -0.3 is 19.5 Å². The van der Waals surface area contributed by atoms with E-state index in [1.54, 1.807) is 0 Å². The molecule has 3 rings (SSSR count). The van der Waals surface area contributed by atoms with Gasteiger partial charge in [0, 0.05) is 12.6 Å².